The minimum absolute atomic E-state index is 0.529. The molecule has 1 aliphatic rings. The van der Waals surface area contributed by atoms with Gasteiger partial charge in [0.2, 0.25) is 0 Å². The lowest BCUT2D eigenvalue weighted by molar-refractivity contribution is 0.401. The molecule has 1 fully saturated rings. The highest BCUT2D eigenvalue weighted by atomic mass is 16.6. The molecule has 0 aromatic carbocycles. The van der Waals surface area contributed by atoms with Gasteiger partial charge in [0.1, 0.15) is 6.61 Å². The Morgan fingerprint density at radius 2 is 2.25 bits per heavy atom. The summed E-state index contributed by atoms with van der Waals surface area (Å²) in [4.78, 5) is 0. The Morgan fingerprint density at radius 3 is 2.75 bits per heavy atom. The number of hydrogen-bond acceptors (Lipinski definition) is 1. The van der Waals surface area contributed by atoms with Gasteiger partial charge in [-0.15, -0.1) is 0 Å². The Morgan fingerprint density at radius 1 is 1.50 bits per heavy atom. The summed E-state index contributed by atoms with van der Waals surface area (Å²) >= 11 is 0. The second-order valence-electron chi connectivity index (χ2n) is 2.31. The van der Waals surface area contributed by atoms with E-state index >= 15 is 0 Å². The van der Waals surface area contributed by atoms with Crippen LogP contribution in [0.5, 0.6) is 0 Å². The SMILES string of the molecule is CCCCCC1[CH]O1. The van der Waals surface area contributed by atoms with Gasteiger partial charge in [-0.25, -0.2) is 0 Å². The standard InChI is InChI=1S/C7H13O/c1-2-3-4-5-7-6-8-7/h6-7H,2-5H2,1H3. The van der Waals surface area contributed by atoms with Crippen LogP contribution in [0.2, 0.25) is 0 Å². The highest BCUT2D eigenvalue weighted by Crippen LogP contribution is 2.21. The van der Waals surface area contributed by atoms with E-state index in [2.05, 4.69) is 6.92 Å². The molecule has 1 radical (unpaired) electrons. The minimum atomic E-state index is 0.529. The first-order valence-electron chi connectivity index (χ1n) is 3.42. The fraction of sp³-hybridized carbons (Fsp3) is 0.857. The molecule has 1 heterocycles. The third-order valence-electron chi connectivity index (χ3n) is 1.42. The van der Waals surface area contributed by atoms with Crippen LogP contribution in [-0.4, -0.2) is 6.10 Å². The lowest BCUT2D eigenvalue weighted by atomic mass is 10.2. The number of epoxide rings is 1. The molecule has 0 N–H and O–H groups in total. The highest BCUT2D eigenvalue weighted by molar-refractivity contribution is 4.81. The van der Waals surface area contributed by atoms with Gasteiger partial charge in [-0.2, -0.15) is 0 Å². The van der Waals surface area contributed by atoms with Gasteiger partial charge in [-0.05, 0) is 6.42 Å². The summed E-state index contributed by atoms with van der Waals surface area (Å²) < 4.78 is 4.93. The first-order chi connectivity index (χ1) is 3.93. The molecule has 1 atom stereocenters. The number of hydrogen-bond donors (Lipinski definition) is 0. The molecule has 1 unspecified atom stereocenters. The van der Waals surface area contributed by atoms with Crippen LogP contribution in [-0.2, 0) is 4.74 Å². The lowest BCUT2D eigenvalue weighted by Crippen LogP contribution is -1.82. The van der Waals surface area contributed by atoms with Gasteiger partial charge in [0.25, 0.3) is 0 Å². The molecule has 0 saturated carbocycles. The maximum absolute atomic E-state index is 4.93. The molecule has 0 bridgehead atoms. The van der Waals surface area contributed by atoms with E-state index in [0.29, 0.717) is 6.10 Å². The van der Waals surface area contributed by atoms with Crippen LogP contribution in [0.3, 0.4) is 0 Å². The predicted octanol–water partition coefficient (Wildman–Crippen LogP) is 2.13. The lowest BCUT2D eigenvalue weighted by Gasteiger charge is -1.90. The van der Waals surface area contributed by atoms with E-state index < -0.39 is 0 Å². The van der Waals surface area contributed by atoms with Gasteiger partial charge in [0.05, 0.1) is 6.10 Å². The molecule has 1 heteroatoms. The topological polar surface area (TPSA) is 12.5 Å². The third kappa shape index (κ3) is 2.31. The van der Waals surface area contributed by atoms with E-state index in [-0.39, 0.29) is 0 Å². The van der Waals surface area contributed by atoms with Crippen molar-refractivity contribution in [3.8, 4) is 0 Å². The van der Waals surface area contributed by atoms with Crippen LogP contribution in [0.1, 0.15) is 32.6 Å². The maximum Gasteiger partial charge on any atom is 0.113 e. The average molecular weight is 113 g/mol. The molecule has 1 rings (SSSR count). The predicted molar refractivity (Wildman–Crippen MR) is 33.3 cm³/mol. The molecular formula is C7H13O. The Labute approximate surface area is 51.0 Å². The van der Waals surface area contributed by atoms with Crippen molar-refractivity contribution in [2.45, 2.75) is 38.7 Å². The third-order valence-corrected chi connectivity index (χ3v) is 1.42. The Hall–Kier alpha value is -0.0400. The maximum atomic E-state index is 4.93. The summed E-state index contributed by atoms with van der Waals surface area (Å²) in [5, 5.41) is 0. The fourth-order valence-corrected chi connectivity index (χ4v) is 0.787. The van der Waals surface area contributed by atoms with Crippen LogP contribution in [0.15, 0.2) is 0 Å². The second kappa shape index (κ2) is 3.08. The molecule has 1 aliphatic heterocycles. The van der Waals surface area contributed by atoms with Crippen molar-refractivity contribution in [1.29, 1.82) is 0 Å². The van der Waals surface area contributed by atoms with Gasteiger partial charge in [0.15, 0.2) is 0 Å². The second-order valence-corrected chi connectivity index (χ2v) is 2.31. The quantitative estimate of drug-likeness (QED) is 0.402. The Kier molecular flexibility index (Phi) is 2.34. The normalized spacial score (nSPS) is 25.9. The number of unbranched alkanes of at least 4 members (excludes halogenated alkanes) is 2. The summed E-state index contributed by atoms with van der Waals surface area (Å²) in [6.45, 7) is 4.13. The summed E-state index contributed by atoms with van der Waals surface area (Å²) in [5.74, 6) is 0. The van der Waals surface area contributed by atoms with Gasteiger partial charge in [-0.1, -0.05) is 26.2 Å². The zero-order valence-electron chi connectivity index (χ0n) is 5.39. The molecule has 1 nitrogen and oxygen atoms in total. The van der Waals surface area contributed by atoms with Gasteiger partial charge >= 0.3 is 0 Å². The van der Waals surface area contributed by atoms with Crippen LogP contribution < -0.4 is 0 Å². The monoisotopic (exact) mass is 113 g/mol. The van der Waals surface area contributed by atoms with Crippen molar-refractivity contribution in [2.75, 3.05) is 0 Å². The first kappa shape index (κ1) is 6.09. The molecular weight excluding hydrogens is 100 g/mol. The zero-order valence-corrected chi connectivity index (χ0v) is 5.39. The summed E-state index contributed by atoms with van der Waals surface area (Å²) in [6.07, 6.45) is 5.77. The van der Waals surface area contributed by atoms with Crippen molar-refractivity contribution >= 4 is 0 Å². The summed E-state index contributed by atoms with van der Waals surface area (Å²) in [6, 6.07) is 0. The largest absolute Gasteiger partial charge is 0.367 e. The van der Waals surface area contributed by atoms with Crippen molar-refractivity contribution in [3.63, 3.8) is 0 Å². The van der Waals surface area contributed by atoms with Crippen LogP contribution in [0, 0.1) is 6.61 Å². The number of rotatable bonds is 4. The zero-order chi connectivity index (χ0) is 5.82. The van der Waals surface area contributed by atoms with Crippen LogP contribution in [0.25, 0.3) is 0 Å². The molecule has 0 aromatic heterocycles. The van der Waals surface area contributed by atoms with Crippen molar-refractivity contribution < 1.29 is 4.74 Å². The van der Waals surface area contributed by atoms with Crippen molar-refractivity contribution in [3.05, 3.63) is 6.61 Å². The Bertz CT molecular complexity index is 57.4. The van der Waals surface area contributed by atoms with Gasteiger partial charge in [-0.3, -0.25) is 0 Å². The van der Waals surface area contributed by atoms with Gasteiger partial charge < -0.3 is 4.74 Å². The average Bonchev–Trinajstić information content (AvgIpc) is 2.51. The van der Waals surface area contributed by atoms with E-state index in [1.54, 1.807) is 0 Å². The molecule has 0 spiro atoms. The first-order valence-corrected chi connectivity index (χ1v) is 3.42. The summed E-state index contributed by atoms with van der Waals surface area (Å²) in [7, 11) is 0. The van der Waals surface area contributed by atoms with E-state index in [0.717, 1.165) is 0 Å². The van der Waals surface area contributed by atoms with E-state index in [1.165, 1.54) is 25.7 Å². The molecule has 0 amide bonds. The van der Waals surface area contributed by atoms with Crippen LogP contribution in [0.4, 0.5) is 0 Å². The molecule has 47 valence electrons. The van der Waals surface area contributed by atoms with E-state index in [4.69, 9.17) is 4.74 Å². The molecule has 8 heavy (non-hydrogen) atoms. The fourth-order valence-electron chi connectivity index (χ4n) is 0.787. The van der Waals surface area contributed by atoms with Crippen molar-refractivity contribution in [2.24, 2.45) is 0 Å². The smallest absolute Gasteiger partial charge is 0.113 e. The van der Waals surface area contributed by atoms with E-state index in [9.17, 15) is 0 Å². The highest BCUT2D eigenvalue weighted by Gasteiger charge is 2.21. The van der Waals surface area contributed by atoms with Gasteiger partial charge in [0, 0.05) is 0 Å². The van der Waals surface area contributed by atoms with Crippen molar-refractivity contribution in [1.82, 2.24) is 0 Å². The summed E-state index contributed by atoms with van der Waals surface area (Å²) in [5.41, 5.74) is 0. The number of ether oxygens (including phenoxy) is 1. The minimum Gasteiger partial charge on any atom is -0.367 e. The van der Waals surface area contributed by atoms with Crippen LogP contribution >= 0.6 is 0 Å². The molecule has 1 saturated heterocycles. The molecule has 0 aliphatic carbocycles. The Balaban J connectivity index is 1.74. The van der Waals surface area contributed by atoms with E-state index in [1.807, 2.05) is 6.61 Å². The molecule has 0 aromatic rings.